The van der Waals surface area contributed by atoms with Crippen molar-refractivity contribution in [1.29, 1.82) is 0 Å². The van der Waals surface area contributed by atoms with Gasteiger partial charge in [0.25, 0.3) is 0 Å². The monoisotopic (exact) mass is 294 g/mol. The van der Waals surface area contributed by atoms with Crippen molar-refractivity contribution in [2.45, 2.75) is 6.92 Å². The Kier molecular flexibility index (Phi) is 4.20. The minimum atomic E-state index is -1.09. The highest BCUT2D eigenvalue weighted by molar-refractivity contribution is 6.29. The van der Waals surface area contributed by atoms with Crippen LogP contribution in [0.3, 0.4) is 0 Å². The van der Waals surface area contributed by atoms with Crippen molar-refractivity contribution in [2.75, 3.05) is 11.4 Å². The molecule has 1 aromatic carbocycles. The largest absolute Gasteiger partial charge is 0.478 e. The molecule has 0 aliphatic carbocycles. The number of rotatable bonds is 4. The smallest absolute Gasteiger partial charge is 0.339 e. The van der Waals surface area contributed by atoms with Crippen LogP contribution in [0, 0.1) is 5.82 Å². The van der Waals surface area contributed by atoms with Gasteiger partial charge in [0.1, 0.15) is 22.4 Å². The lowest BCUT2D eigenvalue weighted by atomic mass is 10.2. The molecule has 0 fully saturated rings. The third-order valence-electron chi connectivity index (χ3n) is 2.78. The van der Waals surface area contributed by atoms with E-state index >= 15 is 0 Å². The van der Waals surface area contributed by atoms with Crippen LogP contribution >= 0.6 is 11.6 Å². The topological polar surface area (TPSA) is 53.4 Å². The maximum absolute atomic E-state index is 13.0. The van der Waals surface area contributed by atoms with Crippen molar-refractivity contribution in [3.8, 4) is 0 Å². The van der Waals surface area contributed by atoms with E-state index in [1.807, 2.05) is 6.92 Å². The predicted octanol–water partition coefficient (Wildman–Crippen LogP) is 3.73. The fourth-order valence-corrected chi connectivity index (χ4v) is 2.02. The second-order valence-corrected chi connectivity index (χ2v) is 4.42. The van der Waals surface area contributed by atoms with E-state index in [1.54, 1.807) is 17.0 Å². The van der Waals surface area contributed by atoms with Crippen LogP contribution in [0.4, 0.5) is 15.9 Å². The lowest BCUT2D eigenvalue weighted by molar-refractivity contribution is 0.0697. The molecule has 0 unspecified atom stereocenters. The molecule has 0 bridgehead atoms. The van der Waals surface area contributed by atoms with Crippen LogP contribution in [-0.2, 0) is 0 Å². The fraction of sp³-hybridized carbons (Fsp3) is 0.143. The number of pyridine rings is 1. The van der Waals surface area contributed by atoms with Crippen LogP contribution < -0.4 is 4.90 Å². The molecule has 1 heterocycles. The SMILES string of the molecule is CCN(c1ccc(F)cc1)c1nc(Cl)ccc1C(=O)O. The first-order valence-corrected chi connectivity index (χ1v) is 6.33. The molecule has 1 aromatic heterocycles. The predicted molar refractivity (Wildman–Crippen MR) is 75.3 cm³/mol. The minimum absolute atomic E-state index is 0.0422. The number of benzene rings is 1. The van der Waals surface area contributed by atoms with Gasteiger partial charge in [-0.25, -0.2) is 14.2 Å². The molecule has 0 aliphatic rings. The first-order valence-electron chi connectivity index (χ1n) is 5.96. The molecule has 20 heavy (non-hydrogen) atoms. The van der Waals surface area contributed by atoms with Gasteiger partial charge < -0.3 is 10.0 Å². The summed E-state index contributed by atoms with van der Waals surface area (Å²) in [6.07, 6.45) is 0. The van der Waals surface area contributed by atoms with Gasteiger partial charge >= 0.3 is 5.97 Å². The summed E-state index contributed by atoms with van der Waals surface area (Å²) >= 11 is 5.84. The zero-order valence-electron chi connectivity index (χ0n) is 10.7. The summed E-state index contributed by atoms with van der Waals surface area (Å²) in [5.74, 6) is -1.22. The number of carbonyl (C=O) groups is 1. The zero-order chi connectivity index (χ0) is 14.7. The zero-order valence-corrected chi connectivity index (χ0v) is 11.4. The Bertz CT molecular complexity index is 632. The van der Waals surface area contributed by atoms with Gasteiger partial charge in [0.15, 0.2) is 0 Å². The Morgan fingerprint density at radius 3 is 2.50 bits per heavy atom. The lowest BCUT2D eigenvalue weighted by Crippen LogP contribution is -2.20. The van der Waals surface area contributed by atoms with Crippen LogP contribution in [0.1, 0.15) is 17.3 Å². The summed E-state index contributed by atoms with van der Waals surface area (Å²) in [5.41, 5.74) is 0.687. The van der Waals surface area contributed by atoms with Gasteiger partial charge in [0.05, 0.1) is 0 Å². The number of halogens is 2. The van der Waals surface area contributed by atoms with Crippen LogP contribution in [0.5, 0.6) is 0 Å². The van der Waals surface area contributed by atoms with Gasteiger partial charge in [0.2, 0.25) is 0 Å². The van der Waals surface area contributed by atoms with Crippen LogP contribution in [-0.4, -0.2) is 22.6 Å². The maximum Gasteiger partial charge on any atom is 0.339 e. The quantitative estimate of drug-likeness (QED) is 0.873. The maximum atomic E-state index is 13.0. The van der Waals surface area contributed by atoms with Gasteiger partial charge in [-0.3, -0.25) is 0 Å². The average molecular weight is 295 g/mol. The van der Waals surface area contributed by atoms with Crippen molar-refractivity contribution in [1.82, 2.24) is 4.98 Å². The molecular formula is C14H12ClFN2O2. The highest BCUT2D eigenvalue weighted by atomic mass is 35.5. The Morgan fingerprint density at radius 2 is 1.95 bits per heavy atom. The third-order valence-corrected chi connectivity index (χ3v) is 2.99. The van der Waals surface area contributed by atoms with E-state index in [0.29, 0.717) is 12.2 Å². The Balaban J connectivity index is 2.53. The molecule has 1 N–H and O–H groups in total. The summed E-state index contributed by atoms with van der Waals surface area (Å²) in [5, 5.41) is 9.42. The summed E-state index contributed by atoms with van der Waals surface area (Å²) in [6.45, 7) is 2.32. The number of aromatic carboxylic acids is 1. The van der Waals surface area contributed by atoms with Gasteiger partial charge in [-0.2, -0.15) is 0 Å². The normalized spacial score (nSPS) is 10.3. The highest BCUT2D eigenvalue weighted by Gasteiger charge is 2.18. The number of hydrogen-bond acceptors (Lipinski definition) is 3. The molecule has 0 atom stereocenters. The van der Waals surface area contributed by atoms with Crippen molar-refractivity contribution in [2.24, 2.45) is 0 Å². The first kappa shape index (κ1) is 14.3. The molecule has 0 amide bonds. The summed E-state index contributed by atoms with van der Waals surface area (Å²) in [4.78, 5) is 17.0. The molecule has 2 aromatic rings. The van der Waals surface area contributed by atoms with Gasteiger partial charge in [-0.15, -0.1) is 0 Å². The Hall–Kier alpha value is -2.14. The number of carboxylic acids is 1. The van der Waals surface area contributed by atoms with E-state index < -0.39 is 5.97 Å². The Morgan fingerprint density at radius 1 is 1.30 bits per heavy atom. The van der Waals surface area contributed by atoms with E-state index in [4.69, 9.17) is 11.6 Å². The van der Waals surface area contributed by atoms with Gasteiger partial charge in [-0.1, -0.05) is 11.6 Å². The lowest BCUT2D eigenvalue weighted by Gasteiger charge is -2.23. The second kappa shape index (κ2) is 5.88. The molecular weight excluding hydrogens is 283 g/mol. The summed E-state index contributed by atoms with van der Waals surface area (Å²) in [6, 6.07) is 8.57. The van der Waals surface area contributed by atoms with Crippen molar-refractivity contribution in [3.63, 3.8) is 0 Å². The van der Waals surface area contributed by atoms with Crippen molar-refractivity contribution >= 4 is 29.1 Å². The van der Waals surface area contributed by atoms with Crippen molar-refractivity contribution < 1.29 is 14.3 Å². The summed E-state index contributed by atoms with van der Waals surface area (Å²) in [7, 11) is 0. The molecule has 0 aliphatic heterocycles. The number of nitrogens with zero attached hydrogens (tertiary/aromatic N) is 2. The minimum Gasteiger partial charge on any atom is -0.478 e. The molecule has 0 saturated carbocycles. The molecule has 104 valence electrons. The molecule has 0 saturated heterocycles. The fourth-order valence-electron chi connectivity index (χ4n) is 1.87. The van der Waals surface area contributed by atoms with Gasteiger partial charge in [-0.05, 0) is 43.3 Å². The van der Waals surface area contributed by atoms with E-state index in [2.05, 4.69) is 4.98 Å². The molecule has 0 radical (unpaired) electrons. The molecule has 0 spiro atoms. The van der Waals surface area contributed by atoms with Gasteiger partial charge in [0, 0.05) is 12.2 Å². The third kappa shape index (κ3) is 2.88. The number of hydrogen-bond donors (Lipinski definition) is 1. The van der Waals surface area contributed by atoms with Crippen LogP contribution in [0.15, 0.2) is 36.4 Å². The molecule has 6 heteroatoms. The number of anilines is 2. The van der Waals surface area contributed by atoms with Crippen LogP contribution in [0.25, 0.3) is 0 Å². The Labute approximate surface area is 120 Å². The number of aromatic nitrogens is 1. The number of carboxylic acid groups (broad SMARTS) is 1. The van der Waals surface area contributed by atoms with E-state index in [-0.39, 0.29) is 22.4 Å². The van der Waals surface area contributed by atoms with Crippen LogP contribution in [0.2, 0.25) is 5.15 Å². The standard InChI is InChI=1S/C14H12ClFN2O2/c1-2-18(10-5-3-9(16)4-6-10)13-11(14(19)20)7-8-12(15)17-13/h3-8H,2H2,1H3,(H,19,20). The van der Waals surface area contributed by atoms with E-state index in [0.717, 1.165) is 0 Å². The molecule has 4 nitrogen and oxygen atoms in total. The molecule has 2 rings (SSSR count). The second-order valence-electron chi connectivity index (χ2n) is 4.03. The first-order chi connectivity index (χ1) is 9.52. The average Bonchev–Trinajstić information content (AvgIpc) is 2.41. The van der Waals surface area contributed by atoms with Crippen molar-refractivity contribution in [3.05, 3.63) is 52.9 Å². The van der Waals surface area contributed by atoms with E-state index in [9.17, 15) is 14.3 Å². The summed E-state index contributed by atoms with van der Waals surface area (Å²) < 4.78 is 13.0. The van der Waals surface area contributed by atoms with E-state index in [1.165, 1.54) is 24.3 Å². The highest BCUT2D eigenvalue weighted by Crippen LogP contribution is 2.28.